The zero-order chi connectivity index (χ0) is 14.1. The zero-order valence-electron chi connectivity index (χ0n) is 12.6. The first-order valence-electron chi connectivity index (χ1n) is 6.85. The smallest absolute Gasteiger partial charge is 0.225 e. The lowest BCUT2D eigenvalue weighted by Crippen LogP contribution is -2.49. The van der Waals surface area contributed by atoms with Crippen molar-refractivity contribution in [1.82, 2.24) is 5.32 Å². The van der Waals surface area contributed by atoms with Gasteiger partial charge in [0.2, 0.25) is 5.91 Å². The lowest BCUT2D eigenvalue weighted by atomic mass is 9.71. The van der Waals surface area contributed by atoms with Gasteiger partial charge in [0.1, 0.15) is 0 Å². The third-order valence-electron chi connectivity index (χ3n) is 3.85. The van der Waals surface area contributed by atoms with Gasteiger partial charge in [0.15, 0.2) is 5.78 Å². The molecule has 1 rings (SSSR count). The largest absolute Gasteiger partial charge is 0.346 e. The number of Topliss-reactive ketones (excluding diaryl/α,β-unsaturated/α-hetero) is 1. The van der Waals surface area contributed by atoms with Crippen molar-refractivity contribution in [1.29, 1.82) is 0 Å². The third kappa shape index (κ3) is 3.82. The molecule has 0 spiro atoms. The first kappa shape index (κ1) is 15.2. The van der Waals surface area contributed by atoms with E-state index in [2.05, 4.69) is 26.1 Å². The van der Waals surface area contributed by atoms with Crippen LogP contribution in [0.4, 0.5) is 0 Å². The number of carbonyl (C=O) groups is 2. The molecule has 0 bridgehead atoms. The number of nitrogens with one attached hydrogen (secondary N) is 1. The van der Waals surface area contributed by atoms with Crippen LogP contribution in [0.3, 0.4) is 0 Å². The fourth-order valence-corrected chi connectivity index (χ4v) is 2.28. The molecule has 1 aliphatic rings. The van der Waals surface area contributed by atoms with Crippen LogP contribution in [0.25, 0.3) is 0 Å². The van der Waals surface area contributed by atoms with Gasteiger partial charge < -0.3 is 5.32 Å². The lowest BCUT2D eigenvalue weighted by molar-refractivity contribution is -0.134. The molecule has 1 amide bonds. The SMILES string of the molecule is CC(C)(C)C(=O)N[C@@H]1CC[C@@H](C(C)(C)C)CC1=O. The van der Waals surface area contributed by atoms with Gasteiger partial charge in [-0.2, -0.15) is 0 Å². The fourth-order valence-electron chi connectivity index (χ4n) is 2.28. The number of ketones is 1. The van der Waals surface area contributed by atoms with Crippen molar-refractivity contribution in [2.24, 2.45) is 16.7 Å². The molecule has 0 aromatic rings. The summed E-state index contributed by atoms with van der Waals surface area (Å²) in [5, 5.41) is 2.89. The molecule has 0 unspecified atom stereocenters. The summed E-state index contributed by atoms with van der Waals surface area (Å²) in [6.07, 6.45) is 2.39. The molecule has 0 saturated heterocycles. The molecule has 2 atom stereocenters. The van der Waals surface area contributed by atoms with Crippen molar-refractivity contribution in [3.05, 3.63) is 0 Å². The number of carbonyl (C=O) groups excluding carboxylic acids is 2. The van der Waals surface area contributed by atoms with Gasteiger partial charge in [0.25, 0.3) is 0 Å². The van der Waals surface area contributed by atoms with E-state index in [1.54, 1.807) is 0 Å². The Morgan fingerprint density at radius 3 is 2.06 bits per heavy atom. The highest BCUT2D eigenvalue weighted by Crippen LogP contribution is 2.36. The number of hydrogen-bond donors (Lipinski definition) is 1. The average Bonchev–Trinajstić information content (AvgIpc) is 2.17. The van der Waals surface area contributed by atoms with E-state index in [0.29, 0.717) is 12.3 Å². The van der Waals surface area contributed by atoms with Gasteiger partial charge in [-0.1, -0.05) is 41.5 Å². The second kappa shape index (κ2) is 5.02. The van der Waals surface area contributed by atoms with Crippen LogP contribution in [-0.2, 0) is 9.59 Å². The van der Waals surface area contributed by atoms with Crippen molar-refractivity contribution < 1.29 is 9.59 Å². The van der Waals surface area contributed by atoms with E-state index in [4.69, 9.17) is 0 Å². The van der Waals surface area contributed by atoms with E-state index in [-0.39, 0.29) is 23.1 Å². The van der Waals surface area contributed by atoms with E-state index in [0.717, 1.165) is 12.8 Å². The fraction of sp³-hybridized carbons (Fsp3) is 0.867. The molecule has 0 aliphatic heterocycles. The van der Waals surface area contributed by atoms with Gasteiger partial charge in [0.05, 0.1) is 6.04 Å². The summed E-state index contributed by atoms with van der Waals surface area (Å²) in [6, 6.07) is -0.268. The molecule has 104 valence electrons. The standard InChI is InChI=1S/C15H27NO2/c1-14(2,3)10-7-8-11(12(17)9-10)16-13(18)15(4,5)6/h10-11H,7-9H2,1-6H3,(H,16,18)/t10-,11-/m1/s1. The third-order valence-corrected chi connectivity index (χ3v) is 3.85. The zero-order valence-corrected chi connectivity index (χ0v) is 12.6. The summed E-state index contributed by atoms with van der Waals surface area (Å²) in [5.41, 5.74) is -0.254. The van der Waals surface area contributed by atoms with E-state index in [9.17, 15) is 9.59 Å². The quantitative estimate of drug-likeness (QED) is 0.781. The molecular formula is C15H27NO2. The second-order valence-corrected chi connectivity index (χ2v) is 7.59. The van der Waals surface area contributed by atoms with Gasteiger partial charge in [-0.15, -0.1) is 0 Å². The molecule has 3 nitrogen and oxygen atoms in total. The van der Waals surface area contributed by atoms with Crippen LogP contribution in [0.1, 0.15) is 60.8 Å². The highest BCUT2D eigenvalue weighted by atomic mass is 16.2. The number of rotatable bonds is 1. The summed E-state index contributed by atoms with van der Waals surface area (Å²) in [5.74, 6) is 0.599. The highest BCUT2D eigenvalue weighted by Gasteiger charge is 2.36. The van der Waals surface area contributed by atoms with Gasteiger partial charge in [-0.05, 0) is 24.2 Å². The Bertz CT molecular complexity index is 333. The first-order valence-corrected chi connectivity index (χ1v) is 6.85. The lowest BCUT2D eigenvalue weighted by Gasteiger charge is -2.36. The Kier molecular flexibility index (Phi) is 4.24. The number of amides is 1. The van der Waals surface area contributed by atoms with Crippen molar-refractivity contribution in [2.75, 3.05) is 0 Å². The Morgan fingerprint density at radius 2 is 1.67 bits per heavy atom. The molecular weight excluding hydrogens is 226 g/mol. The summed E-state index contributed by atoms with van der Waals surface area (Å²) < 4.78 is 0. The summed E-state index contributed by atoms with van der Waals surface area (Å²) >= 11 is 0. The van der Waals surface area contributed by atoms with Crippen LogP contribution in [0.5, 0.6) is 0 Å². The van der Waals surface area contributed by atoms with E-state index < -0.39 is 5.41 Å². The van der Waals surface area contributed by atoms with Gasteiger partial charge in [0, 0.05) is 11.8 Å². The Hall–Kier alpha value is -0.860. The molecule has 1 aliphatic carbocycles. The van der Waals surface area contributed by atoms with Crippen LogP contribution in [-0.4, -0.2) is 17.7 Å². The summed E-state index contributed by atoms with van der Waals surface area (Å²) in [6.45, 7) is 12.1. The van der Waals surface area contributed by atoms with Crippen molar-refractivity contribution in [3.63, 3.8) is 0 Å². The van der Waals surface area contributed by atoms with Crippen LogP contribution in [0.2, 0.25) is 0 Å². The van der Waals surface area contributed by atoms with Crippen LogP contribution in [0, 0.1) is 16.7 Å². The van der Waals surface area contributed by atoms with Gasteiger partial charge in [-0.25, -0.2) is 0 Å². The van der Waals surface area contributed by atoms with Crippen molar-refractivity contribution >= 4 is 11.7 Å². The predicted octanol–water partition coefficient (Wildman–Crippen LogP) is 2.93. The maximum atomic E-state index is 12.1. The van der Waals surface area contributed by atoms with Crippen LogP contribution >= 0.6 is 0 Å². The minimum Gasteiger partial charge on any atom is -0.346 e. The molecule has 18 heavy (non-hydrogen) atoms. The Balaban J connectivity index is 2.59. The summed E-state index contributed by atoms with van der Waals surface area (Å²) in [7, 11) is 0. The number of hydrogen-bond acceptors (Lipinski definition) is 2. The average molecular weight is 253 g/mol. The molecule has 0 aromatic carbocycles. The maximum Gasteiger partial charge on any atom is 0.225 e. The molecule has 0 radical (unpaired) electrons. The first-order chi connectivity index (χ1) is 8.01. The van der Waals surface area contributed by atoms with E-state index in [1.807, 2.05) is 20.8 Å². The van der Waals surface area contributed by atoms with Crippen LogP contribution in [0.15, 0.2) is 0 Å². The summed E-state index contributed by atoms with van der Waals surface area (Å²) in [4.78, 5) is 24.0. The van der Waals surface area contributed by atoms with Gasteiger partial charge in [-0.3, -0.25) is 9.59 Å². The molecule has 1 fully saturated rings. The molecule has 0 heterocycles. The minimum absolute atomic E-state index is 0.0324. The van der Waals surface area contributed by atoms with Gasteiger partial charge >= 0.3 is 0 Å². The minimum atomic E-state index is -0.429. The second-order valence-electron chi connectivity index (χ2n) is 7.59. The Morgan fingerprint density at radius 1 is 1.11 bits per heavy atom. The highest BCUT2D eigenvalue weighted by molar-refractivity contribution is 5.91. The monoisotopic (exact) mass is 253 g/mol. The van der Waals surface area contributed by atoms with E-state index in [1.165, 1.54) is 0 Å². The maximum absolute atomic E-state index is 12.1. The molecule has 3 heteroatoms. The molecule has 1 N–H and O–H groups in total. The normalized spacial score (nSPS) is 26.0. The molecule has 1 saturated carbocycles. The van der Waals surface area contributed by atoms with Crippen molar-refractivity contribution in [3.8, 4) is 0 Å². The topological polar surface area (TPSA) is 46.2 Å². The van der Waals surface area contributed by atoms with Crippen molar-refractivity contribution in [2.45, 2.75) is 66.8 Å². The molecule has 0 aromatic heterocycles. The Labute approximate surface area is 111 Å². The van der Waals surface area contributed by atoms with E-state index >= 15 is 0 Å². The van der Waals surface area contributed by atoms with Crippen LogP contribution < -0.4 is 5.32 Å². The predicted molar refractivity (Wildman–Crippen MR) is 73.2 cm³/mol.